The van der Waals surface area contributed by atoms with Gasteiger partial charge in [-0.1, -0.05) is 55.5 Å². The molecule has 2 aliphatic rings. The third-order valence-corrected chi connectivity index (χ3v) is 7.68. The predicted molar refractivity (Wildman–Crippen MR) is 142 cm³/mol. The van der Waals surface area contributed by atoms with Crippen LogP contribution in [-0.2, 0) is 4.79 Å². The first-order valence-electron chi connectivity index (χ1n) is 12.7. The maximum atomic E-state index is 12.9. The number of amides is 2. The number of rotatable bonds is 5. The molecule has 5 rings (SSSR count). The van der Waals surface area contributed by atoms with Crippen LogP contribution in [0.4, 0.5) is 16.2 Å². The molecule has 2 amide bonds. The molecule has 3 aromatic rings. The van der Waals surface area contributed by atoms with Gasteiger partial charge in [-0.05, 0) is 78.5 Å². The summed E-state index contributed by atoms with van der Waals surface area (Å²) < 4.78 is 5.92. The number of urea groups is 1. The number of benzene rings is 3. The number of fused-ring (bicyclic) bond motifs is 1. The first-order valence-corrected chi connectivity index (χ1v) is 12.7. The average molecular weight is 485 g/mol. The number of para-hydroxylation sites is 1. The maximum absolute atomic E-state index is 12.9. The van der Waals surface area contributed by atoms with Gasteiger partial charge in [0.1, 0.15) is 12.4 Å². The van der Waals surface area contributed by atoms with Crippen LogP contribution in [0.3, 0.4) is 0 Å². The Balaban J connectivity index is 1.26. The Labute approximate surface area is 211 Å². The molecule has 6 nitrogen and oxygen atoms in total. The molecule has 1 aliphatic heterocycles. The van der Waals surface area contributed by atoms with Crippen molar-refractivity contribution in [1.82, 2.24) is 0 Å². The van der Waals surface area contributed by atoms with Gasteiger partial charge < -0.3 is 15.2 Å². The average Bonchev–Trinajstić information content (AvgIpc) is 2.92. The maximum Gasteiger partial charge on any atom is 0.326 e. The minimum atomic E-state index is -0.684. The van der Waals surface area contributed by atoms with E-state index in [1.54, 1.807) is 4.90 Å². The number of carbonyl (C=O) groups excluding carboxylic acids is 1. The lowest BCUT2D eigenvalue weighted by Gasteiger charge is -2.31. The van der Waals surface area contributed by atoms with Crippen LogP contribution in [0.25, 0.3) is 11.1 Å². The zero-order chi connectivity index (χ0) is 25.1. The fourth-order valence-electron chi connectivity index (χ4n) is 5.42. The summed E-state index contributed by atoms with van der Waals surface area (Å²) in [6.07, 6.45) is 4.01. The second-order valence-corrected chi connectivity index (χ2v) is 9.84. The number of ether oxygens (including phenoxy) is 1. The largest absolute Gasteiger partial charge is 0.490 e. The molecule has 1 heterocycles. The van der Waals surface area contributed by atoms with E-state index in [4.69, 9.17) is 4.74 Å². The fraction of sp³-hybridized carbons (Fsp3) is 0.333. The lowest BCUT2D eigenvalue weighted by molar-refractivity contribution is -0.143. The van der Waals surface area contributed by atoms with Crippen molar-refractivity contribution in [3.05, 3.63) is 78.4 Å². The molecular formula is C30H32N2O4. The molecule has 0 aromatic heterocycles. The number of anilines is 2. The molecular weight excluding hydrogens is 452 g/mol. The summed E-state index contributed by atoms with van der Waals surface area (Å²) >= 11 is 0. The van der Waals surface area contributed by atoms with Crippen molar-refractivity contribution in [2.24, 2.45) is 11.8 Å². The van der Waals surface area contributed by atoms with Crippen LogP contribution in [0.15, 0.2) is 72.8 Å². The highest BCUT2D eigenvalue weighted by atomic mass is 16.5. The molecule has 3 aromatic carbocycles. The van der Waals surface area contributed by atoms with Gasteiger partial charge in [0.2, 0.25) is 0 Å². The van der Waals surface area contributed by atoms with E-state index in [2.05, 4.69) is 29.6 Å². The SMILES string of the molecule is CC(C(=O)O)[C@H]1CC[C@H](c2ccc(-c3ccc4c(c3)OCCN4C(=O)Nc3ccccc3)cc2)CC1. The van der Waals surface area contributed by atoms with E-state index in [1.807, 2.05) is 55.5 Å². The Morgan fingerprint density at radius 1 is 0.944 bits per heavy atom. The van der Waals surface area contributed by atoms with Gasteiger partial charge in [0, 0.05) is 5.69 Å². The summed E-state index contributed by atoms with van der Waals surface area (Å²) in [6.45, 7) is 2.77. The number of carboxylic acids is 1. The third kappa shape index (κ3) is 5.08. The topological polar surface area (TPSA) is 78.9 Å². The van der Waals surface area contributed by atoms with E-state index in [0.29, 0.717) is 24.8 Å². The third-order valence-electron chi connectivity index (χ3n) is 7.68. The van der Waals surface area contributed by atoms with Gasteiger partial charge in [0.05, 0.1) is 18.2 Å². The summed E-state index contributed by atoms with van der Waals surface area (Å²) in [5.41, 5.74) is 4.99. The molecule has 0 radical (unpaired) electrons. The van der Waals surface area contributed by atoms with Gasteiger partial charge in [-0.25, -0.2) is 4.79 Å². The number of hydrogen-bond acceptors (Lipinski definition) is 3. The Morgan fingerprint density at radius 2 is 1.64 bits per heavy atom. The number of carboxylic acid groups (broad SMARTS) is 1. The van der Waals surface area contributed by atoms with Crippen molar-refractivity contribution in [2.75, 3.05) is 23.4 Å². The van der Waals surface area contributed by atoms with Crippen LogP contribution in [0.5, 0.6) is 5.75 Å². The van der Waals surface area contributed by atoms with Gasteiger partial charge >= 0.3 is 12.0 Å². The summed E-state index contributed by atoms with van der Waals surface area (Å²) in [7, 11) is 0. The molecule has 6 heteroatoms. The van der Waals surface area contributed by atoms with Crippen molar-refractivity contribution in [2.45, 2.75) is 38.5 Å². The van der Waals surface area contributed by atoms with E-state index < -0.39 is 5.97 Å². The van der Waals surface area contributed by atoms with Crippen molar-refractivity contribution in [3.8, 4) is 16.9 Å². The molecule has 2 N–H and O–H groups in total. The number of hydrogen-bond donors (Lipinski definition) is 2. The normalized spacial score (nSPS) is 20.1. The molecule has 1 aliphatic carbocycles. The molecule has 0 saturated heterocycles. The number of nitrogens with zero attached hydrogens (tertiary/aromatic N) is 1. The lowest BCUT2D eigenvalue weighted by atomic mass is 9.74. The Kier molecular flexibility index (Phi) is 6.94. The molecule has 1 fully saturated rings. The lowest BCUT2D eigenvalue weighted by Crippen LogP contribution is -2.40. The monoisotopic (exact) mass is 484 g/mol. The summed E-state index contributed by atoms with van der Waals surface area (Å²) in [5, 5.41) is 12.3. The highest BCUT2D eigenvalue weighted by Crippen LogP contribution is 2.40. The zero-order valence-electron chi connectivity index (χ0n) is 20.5. The quantitative estimate of drug-likeness (QED) is 0.418. The second-order valence-electron chi connectivity index (χ2n) is 9.84. The van der Waals surface area contributed by atoms with Crippen molar-refractivity contribution in [1.29, 1.82) is 0 Å². The van der Waals surface area contributed by atoms with Crippen molar-refractivity contribution < 1.29 is 19.4 Å². The highest BCUT2D eigenvalue weighted by molar-refractivity contribution is 6.03. The van der Waals surface area contributed by atoms with Crippen LogP contribution in [-0.4, -0.2) is 30.3 Å². The number of carbonyl (C=O) groups is 2. The predicted octanol–water partition coefficient (Wildman–Crippen LogP) is 6.78. The van der Waals surface area contributed by atoms with Gasteiger partial charge in [-0.3, -0.25) is 9.69 Å². The highest BCUT2D eigenvalue weighted by Gasteiger charge is 2.29. The van der Waals surface area contributed by atoms with Crippen LogP contribution in [0.2, 0.25) is 0 Å². The molecule has 1 saturated carbocycles. The first-order chi connectivity index (χ1) is 17.5. The molecule has 1 atom stereocenters. The van der Waals surface area contributed by atoms with E-state index in [-0.39, 0.29) is 17.9 Å². The van der Waals surface area contributed by atoms with Crippen molar-refractivity contribution >= 4 is 23.4 Å². The van der Waals surface area contributed by atoms with Crippen LogP contribution in [0, 0.1) is 11.8 Å². The standard InChI is InChI=1S/C30H32N2O4/c1-20(29(33)34)21-7-9-22(10-8-21)23-11-13-24(14-12-23)25-15-16-27-28(19-25)36-18-17-32(27)30(35)31-26-5-3-2-4-6-26/h2-6,11-16,19-22H,7-10,17-18H2,1H3,(H,31,35)(H,33,34)/t20?,21-,22-. The minimum Gasteiger partial charge on any atom is -0.490 e. The smallest absolute Gasteiger partial charge is 0.326 e. The van der Waals surface area contributed by atoms with E-state index in [9.17, 15) is 14.7 Å². The van der Waals surface area contributed by atoms with Gasteiger partial charge in [-0.15, -0.1) is 0 Å². The van der Waals surface area contributed by atoms with Crippen LogP contribution >= 0.6 is 0 Å². The molecule has 0 bridgehead atoms. The fourth-order valence-corrected chi connectivity index (χ4v) is 5.42. The molecule has 0 spiro atoms. The Hall–Kier alpha value is -3.80. The van der Waals surface area contributed by atoms with Crippen LogP contribution < -0.4 is 15.0 Å². The minimum absolute atomic E-state index is 0.171. The number of aliphatic carboxylic acids is 1. The Bertz CT molecular complexity index is 1220. The number of nitrogens with one attached hydrogen (secondary N) is 1. The van der Waals surface area contributed by atoms with E-state index in [0.717, 1.165) is 48.2 Å². The van der Waals surface area contributed by atoms with E-state index >= 15 is 0 Å². The van der Waals surface area contributed by atoms with Gasteiger partial charge in [0.15, 0.2) is 0 Å². The Morgan fingerprint density at radius 3 is 2.33 bits per heavy atom. The molecule has 1 unspecified atom stereocenters. The van der Waals surface area contributed by atoms with E-state index in [1.165, 1.54) is 5.56 Å². The first kappa shape index (κ1) is 23.9. The zero-order valence-corrected chi connectivity index (χ0v) is 20.5. The molecule has 186 valence electrons. The van der Waals surface area contributed by atoms with Gasteiger partial charge in [-0.2, -0.15) is 0 Å². The van der Waals surface area contributed by atoms with Crippen LogP contribution in [0.1, 0.15) is 44.1 Å². The second kappa shape index (κ2) is 10.4. The summed E-state index contributed by atoms with van der Waals surface area (Å²) in [4.78, 5) is 25.9. The summed E-state index contributed by atoms with van der Waals surface area (Å²) in [5.74, 6) is 0.524. The molecule has 36 heavy (non-hydrogen) atoms. The summed E-state index contributed by atoms with van der Waals surface area (Å²) in [6, 6.07) is 23.9. The van der Waals surface area contributed by atoms with Crippen molar-refractivity contribution in [3.63, 3.8) is 0 Å². The van der Waals surface area contributed by atoms with Gasteiger partial charge in [0.25, 0.3) is 0 Å².